The fraction of sp³-hybridized carbons (Fsp3) is 0.667. The number of hydrazine groups is 1. The molecule has 0 radical (unpaired) electrons. The summed E-state index contributed by atoms with van der Waals surface area (Å²) in [5.74, 6) is 8.00. The van der Waals surface area contributed by atoms with Gasteiger partial charge in [0, 0.05) is 6.54 Å². The Morgan fingerprint density at radius 2 is 2.00 bits per heavy atom. The largest absolute Gasteiger partial charge is 0.465 e. The maximum absolute atomic E-state index is 9.49. The maximum atomic E-state index is 9.49. The number of carboxylic acid groups (broad SMARTS) is 1. The van der Waals surface area contributed by atoms with Crippen LogP contribution in [0.1, 0.15) is 6.92 Å². The molecule has 6 nitrogen and oxygen atoms in total. The maximum Gasteiger partial charge on any atom is 0.404 e. The summed E-state index contributed by atoms with van der Waals surface area (Å²) in [6.45, 7) is 2.21. The minimum Gasteiger partial charge on any atom is -0.465 e. The first-order valence-electron chi connectivity index (χ1n) is 2.07. The van der Waals surface area contributed by atoms with Crippen molar-refractivity contribution in [3.8, 4) is 0 Å². The molecular weight excluding hydrogens is 126 g/mol. The first-order valence-corrected chi connectivity index (χ1v) is 2.07. The van der Waals surface area contributed by atoms with Gasteiger partial charge < -0.3 is 15.9 Å². The van der Waals surface area contributed by atoms with Crippen LogP contribution in [0, 0.1) is 0 Å². The molecule has 0 unspecified atom stereocenters. The van der Waals surface area contributed by atoms with Gasteiger partial charge in [0.25, 0.3) is 0 Å². The SMILES string of the molecule is CCNC(=O)O.NN.O. The lowest BCUT2D eigenvalue weighted by Gasteiger charge is -1.87. The van der Waals surface area contributed by atoms with Crippen molar-refractivity contribution < 1.29 is 15.4 Å². The molecule has 0 aliphatic heterocycles. The molecule has 0 bridgehead atoms. The Bertz CT molecular complexity index is 58.3. The molecule has 0 aliphatic rings. The van der Waals surface area contributed by atoms with Crippen LogP contribution in [0.5, 0.6) is 0 Å². The molecule has 9 heavy (non-hydrogen) atoms. The van der Waals surface area contributed by atoms with Crippen molar-refractivity contribution in [2.45, 2.75) is 6.92 Å². The lowest BCUT2D eigenvalue weighted by molar-refractivity contribution is 0.195. The van der Waals surface area contributed by atoms with E-state index in [9.17, 15) is 4.79 Å². The fourth-order valence-corrected chi connectivity index (χ4v) is 0.151. The highest BCUT2D eigenvalue weighted by atomic mass is 16.4. The van der Waals surface area contributed by atoms with E-state index in [-0.39, 0.29) is 5.48 Å². The summed E-state index contributed by atoms with van der Waals surface area (Å²) in [6.07, 6.45) is -0.961. The van der Waals surface area contributed by atoms with E-state index in [1.807, 2.05) is 0 Å². The molecule has 0 aromatic heterocycles. The number of hydrogen-bond acceptors (Lipinski definition) is 3. The fourth-order valence-electron chi connectivity index (χ4n) is 0.151. The van der Waals surface area contributed by atoms with Crippen molar-refractivity contribution in [3.05, 3.63) is 0 Å². The Hall–Kier alpha value is -0.850. The molecule has 0 aromatic rings. The molecule has 58 valence electrons. The van der Waals surface area contributed by atoms with Crippen molar-refractivity contribution >= 4 is 6.09 Å². The molecule has 6 heteroatoms. The average Bonchev–Trinajstić information content (AvgIpc) is 1.72. The smallest absolute Gasteiger partial charge is 0.404 e. The normalized spacial score (nSPS) is 5.67. The second-order valence-corrected chi connectivity index (χ2v) is 0.835. The van der Waals surface area contributed by atoms with Crippen LogP contribution in [0.3, 0.4) is 0 Å². The lowest BCUT2D eigenvalue weighted by atomic mass is 10.8. The molecule has 0 saturated carbocycles. The van der Waals surface area contributed by atoms with Gasteiger partial charge in [-0.3, -0.25) is 11.7 Å². The second-order valence-electron chi connectivity index (χ2n) is 0.835. The van der Waals surface area contributed by atoms with Crippen LogP contribution in [0.4, 0.5) is 4.79 Å². The van der Waals surface area contributed by atoms with E-state index in [1.165, 1.54) is 0 Å². The minimum absolute atomic E-state index is 0. The van der Waals surface area contributed by atoms with E-state index in [0.29, 0.717) is 6.54 Å². The van der Waals surface area contributed by atoms with Gasteiger partial charge in [-0.05, 0) is 6.92 Å². The molecule has 0 fully saturated rings. The Labute approximate surface area is 53.1 Å². The average molecular weight is 139 g/mol. The van der Waals surface area contributed by atoms with Crippen molar-refractivity contribution in [3.63, 3.8) is 0 Å². The zero-order chi connectivity index (χ0) is 6.99. The number of nitrogens with two attached hydrogens (primary N) is 2. The number of nitrogens with one attached hydrogen (secondary N) is 1. The van der Waals surface area contributed by atoms with E-state index in [0.717, 1.165) is 0 Å². The Kier molecular flexibility index (Phi) is 27.4. The number of amides is 1. The van der Waals surface area contributed by atoms with E-state index < -0.39 is 6.09 Å². The van der Waals surface area contributed by atoms with Gasteiger partial charge in [0.15, 0.2) is 0 Å². The zero-order valence-electron chi connectivity index (χ0n) is 5.22. The Morgan fingerprint density at radius 1 is 1.67 bits per heavy atom. The van der Waals surface area contributed by atoms with Crippen molar-refractivity contribution in [1.29, 1.82) is 0 Å². The van der Waals surface area contributed by atoms with Gasteiger partial charge in [0.05, 0.1) is 0 Å². The van der Waals surface area contributed by atoms with Crippen molar-refractivity contribution in [1.82, 2.24) is 5.32 Å². The van der Waals surface area contributed by atoms with E-state index in [1.54, 1.807) is 6.92 Å². The van der Waals surface area contributed by atoms with Crippen molar-refractivity contribution in [2.75, 3.05) is 6.54 Å². The molecule has 0 atom stereocenters. The third-order valence-electron chi connectivity index (χ3n) is 0.328. The molecule has 0 spiro atoms. The van der Waals surface area contributed by atoms with Crippen LogP contribution >= 0.6 is 0 Å². The summed E-state index contributed by atoms with van der Waals surface area (Å²) in [4.78, 5) is 9.49. The summed E-state index contributed by atoms with van der Waals surface area (Å²) >= 11 is 0. The third-order valence-corrected chi connectivity index (χ3v) is 0.328. The Balaban J connectivity index is -0.000000109. The van der Waals surface area contributed by atoms with E-state index in [2.05, 4.69) is 17.0 Å². The third kappa shape index (κ3) is 41.0. The van der Waals surface area contributed by atoms with E-state index in [4.69, 9.17) is 5.11 Å². The van der Waals surface area contributed by atoms with Gasteiger partial charge >= 0.3 is 6.09 Å². The van der Waals surface area contributed by atoms with E-state index >= 15 is 0 Å². The van der Waals surface area contributed by atoms with Gasteiger partial charge in [-0.2, -0.15) is 0 Å². The summed E-state index contributed by atoms with van der Waals surface area (Å²) in [5, 5.41) is 9.93. The molecule has 0 aliphatic carbocycles. The van der Waals surface area contributed by atoms with Gasteiger partial charge in [-0.15, -0.1) is 0 Å². The Morgan fingerprint density at radius 3 is 2.00 bits per heavy atom. The molecular formula is C3H13N3O3. The first kappa shape index (κ1) is 15.7. The summed E-state index contributed by atoms with van der Waals surface area (Å²) in [6, 6.07) is 0. The highest BCUT2D eigenvalue weighted by Crippen LogP contribution is 1.54. The van der Waals surface area contributed by atoms with Crippen LogP contribution in [0.15, 0.2) is 0 Å². The lowest BCUT2D eigenvalue weighted by Crippen LogP contribution is -2.19. The second kappa shape index (κ2) is 15.7. The van der Waals surface area contributed by atoms with Crippen LogP contribution in [-0.4, -0.2) is 23.2 Å². The van der Waals surface area contributed by atoms with Crippen LogP contribution in [0.25, 0.3) is 0 Å². The van der Waals surface area contributed by atoms with Crippen LogP contribution in [-0.2, 0) is 0 Å². The van der Waals surface area contributed by atoms with Gasteiger partial charge in [-0.25, -0.2) is 4.79 Å². The first-order chi connectivity index (χ1) is 3.77. The quantitative estimate of drug-likeness (QED) is 0.253. The predicted octanol–water partition coefficient (Wildman–Crippen LogP) is -1.73. The predicted molar refractivity (Wildman–Crippen MR) is 33.7 cm³/mol. The monoisotopic (exact) mass is 139 g/mol. The van der Waals surface area contributed by atoms with Crippen LogP contribution < -0.4 is 17.0 Å². The minimum atomic E-state index is -0.961. The molecule has 0 saturated heterocycles. The molecule has 1 amide bonds. The summed E-state index contributed by atoms with van der Waals surface area (Å²) < 4.78 is 0. The van der Waals surface area contributed by atoms with Gasteiger partial charge in [-0.1, -0.05) is 0 Å². The highest BCUT2D eigenvalue weighted by Gasteiger charge is 1.82. The zero-order valence-corrected chi connectivity index (χ0v) is 5.22. The van der Waals surface area contributed by atoms with Gasteiger partial charge in [0.2, 0.25) is 0 Å². The molecule has 0 rings (SSSR count). The summed E-state index contributed by atoms with van der Waals surface area (Å²) in [5.41, 5.74) is 0. The number of carbonyl (C=O) groups is 1. The number of hydrogen-bond donors (Lipinski definition) is 4. The topological polar surface area (TPSA) is 133 Å². The van der Waals surface area contributed by atoms with Crippen LogP contribution in [0.2, 0.25) is 0 Å². The standard InChI is InChI=1S/C3H7NO2.H4N2.H2O/c1-2-4-3(5)6;1-2;/h4H,2H2,1H3,(H,5,6);1-2H2;1H2. The van der Waals surface area contributed by atoms with Gasteiger partial charge in [0.1, 0.15) is 0 Å². The number of rotatable bonds is 1. The summed E-state index contributed by atoms with van der Waals surface area (Å²) in [7, 11) is 0. The molecule has 0 aromatic carbocycles. The molecule has 8 N–H and O–H groups in total. The van der Waals surface area contributed by atoms with Crippen molar-refractivity contribution in [2.24, 2.45) is 11.7 Å². The molecule has 0 heterocycles. The highest BCUT2D eigenvalue weighted by molar-refractivity contribution is 5.64.